The van der Waals surface area contributed by atoms with E-state index in [9.17, 15) is 14.7 Å². The van der Waals surface area contributed by atoms with Crippen molar-refractivity contribution < 1.29 is 19.4 Å². The van der Waals surface area contributed by atoms with E-state index in [-0.39, 0.29) is 18.2 Å². The maximum absolute atomic E-state index is 12.1. The topological polar surface area (TPSA) is 75.6 Å². The van der Waals surface area contributed by atoms with Gasteiger partial charge in [0.05, 0.1) is 13.0 Å². The molecule has 2 atom stereocenters. The summed E-state index contributed by atoms with van der Waals surface area (Å²) >= 11 is 3.38. The lowest BCUT2D eigenvalue weighted by Gasteiger charge is -2.28. The van der Waals surface area contributed by atoms with Crippen molar-refractivity contribution in [2.45, 2.75) is 25.3 Å². The Morgan fingerprint density at radius 2 is 2.19 bits per heavy atom. The summed E-state index contributed by atoms with van der Waals surface area (Å²) in [7, 11) is 0. The van der Waals surface area contributed by atoms with Crippen LogP contribution in [0.3, 0.4) is 0 Å². The highest BCUT2D eigenvalue weighted by Gasteiger charge is 2.31. The van der Waals surface area contributed by atoms with E-state index in [0.717, 1.165) is 22.9 Å². The minimum absolute atomic E-state index is 0.152. The molecule has 2 unspecified atom stereocenters. The van der Waals surface area contributed by atoms with Crippen LogP contribution in [0, 0.1) is 5.92 Å². The van der Waals surface area contributed by atoms with Gasteiger partial charge in [-0.05, 0) is 24.5 Å². The second-order valence-corrected chi connectivity index (χ2v) is 5.98. The van der Waals surface area contributed by atoms with E-state index in [1.807, 2.05) is 24.3 Å². The van der Waals surface area contributed by atoms with E-state index in [2.05, 4.69) is 21.2 Å². The molecule has 1 aromatic rings. The average molecular weight is 356 g/mol. The Bertz CT molecular complexity index is 514. The molecule has 1 saturated heterocycles. The van der Waals surface area contributed by atoms with E-state index in [4.69, 9.17) is 4.74 Å². The quantitative estimate of drug-likeness (QED) is 0.846. The summed E-state index contributed by atoms with van der Waals surface area (Å²) in [5.74, 6) is -1.47. The summed E-state index contributed by atoms with van der Waals surface area (Å²) in [5, 5.41) is 11.9. The number of rotatable bonds is 5. The summed E-state index contributed by atoms with van der Waals surface area (Å²) in [6.45, 7) is 1.04. The fourth-order valence-corrected chi connectivity index (χ4v) is 2.87. The third-order valence-corrected chi connectivity index (χ3v) is 4.33. The van der Waals surface area contributed by atoms with Crippen molar-refractivity contribution in [3.8, 4) is 0 Å². The van der Waals surface area contributed by atoms with Gasteiger partial charge in [-0.15, -0.1) is 0 Å². The lowest BCUT2D eigenvalue weighted by molar-refractivity contribution is -0.145. The van der Waals surface area contributed by atoms with Gasteiger partial charge in [0.1, 0.15) is 6.04 Å². The molecule has 2 rings (SSSR count). The first kappa shape index (κ1) is 16.0. The number of carbonyl (C=O) groups is 2. The molecule has 0 aliphatic carbocycles. The van der Waals surface area contributed by atoms with Crippen LogP contribution in [0.4, 0.5) is 0 Å². The molecular formula is C15H18BrNO4. The highest BCUT2D eigenvalue weighted by Crippen LogP contribution is 2.19. The van der Waals surface area contributed by atoms with E-state index >= 15 is 0 Å². The van der Waals surface area contributed by atoms with Crippen molar-refractivity contribution in [1.82, 2.24) is 5.32 Å². The summed E-state index contributed by atoms with van der Waals surface area (Å²) in [6.07, 6.45) is 1.74. The van der Waals surface area contributed by atoms with Crippen LogP contribution >= 0.6 is 15.9 Å². The number of aliphatic carboxylic acids is 1. The molecule has 0 bridgehead atoms. The van der Waals surface area contributed by atoms with Gasteiger partial charge in [-0.3, -0.25) is 4.79 Å². The van der Waals surface area contributed by atoms with Crippen molar-refractivity contribution in [3.05, 3.63) is 34.3 Å². The number of carboxylic acids is 1. The number of nitrogens with one attached hydrogen (secondary N) is 1. The number of hydrogen-bond donors (Lipinski definition) is 2. The molecule has 2 N–H and O–H groups in total. The molecule has 1 aliphatic heterocycles. The Kier molecular flexibility index (Phi) is 5.76. The standard InChI is InChI=1S/C15H18BrNO4/c16-12-6-2-1-4-10(12)8-13(18)17-14(15(19)20)11-5-3-7-21-9-11/h1-2,4,6,11,14H,3,5,7-9H2,(H,17,18)(H,19,20). The van der Waals surface area contributed by atoms with Gasteiger partial charge in [0.15, 0.2) is 0 Å². The van der Waals surface area contributed by atoms with Crippen LogP contribution < -0.4 is 5.32 Å². The SMILES string of the molecule is O=C(Cc1ccccc1Br)NC(C(=O)O)C1CCCOC1. The van der Waals surface area contributed by atoms with Gasteiger partial charge in [0.25, 0.3) is 0 Å². The van der Waals surface area contributed by atoms with Crippen molar-refractivity contribution in [1.29, 1.82) is 0 Å². The minimum atomic E-state index is -1.01. The van der Waals surface area contributed by atoms with Crippen LogP contribution in [0.25, 0.3) is 0 Å². The minimum Gasteiger partial charge on any atom is -0.480 e. The molecule has 1 amide bonds. The Hall–Kier alpha value is -1.40. The van der Waals surface area contributed by atoms with Gasteiger partial charge in [-0.2, -0.15) is 0 Å². The van der Waals surface area contributed by atoms with Crippen LogP contribution in [0.5, 0.6) is 0 Å². The van der Waals surface area contributed by atoms with E-state index in [1.165, 1.54) is 0 Å². The zero-order chi connectivity index (χ0) is 15.2. The molecular weight excluding hydrogens is 338 g/mol. The predicted octanol–water partition coefficient (Wildman–Crippen LogP) is 1.99. The van der Waals surface area contributed by atoms with Crippen molar-refractivity contribution in [2.75, 3.05) is 13.2 Å². The van der Waals surface area contributed by atoms with Gasteiger partial charge in [0, 0.05) is 17.0 Å². The molecule has 0 aromatic heterocycles. The molecule has 114 valence electrons. The molecule has 5 nitrogen and oxygen atoms in total. The first-order chi connectivity index (χ1) is 10.1. The summed E-state index contributed by atoms with van der Waals surface area (Å²) in [5.41, 5.74) is 0.832. The lowest BCUT2D eigenvalue weighted by Crippen LogP contribution is -2.48. The van der Waals surface area contributed by atoms with Gasteiger partial charge in [-0.25, -0.2) is 4.79 Å². The largest absolute Gasteiger partial charge is 0.480 e. The molecule has 1 aromatic carbocycles. The van der Waals surface area contributed by atoms with Gasteiger partial charge in [-0.1, -0.05) is 34.1 Å². The predicted molar refractivity (Wildman–Crippen MR) is 81.0 cm³/mol. The van der Waals surface area contributed by atoms with Crippen LogP contribution in [-0.4, -0.2) is 36.2 Å². The summed E-state index contributed by atoms with van der Waals surface area (Å²) in [6, 6.07) is 6.51. The van der Waals surface area contributed by atoms with Crippen molar-refractivity contribution in [3.63, 3.8) is 0 Å². The number of halogens is 1. The number of benzene rings is 1. The number of ether oxygens (including phenoxy) is 1. The Morgan fingerprint density at radius 3 is 2.81 bits per heavy atom. The van der Waals surface area contributed by atoms with Crippen LogP contribution in [0.15, 0.2) is 28.7 Å². The Balaban J connectivity index is 1.98. The Labute approximate surface area is 131 Å². The van der Waals surface area contributed by atoms with Crippen LogP contribution in [0.1, 0.15) is 18.4 Å². The van der Waals surface area contributed by atoms with E-state index in [1.54, 1.807) is 0 Å². The monoisotopic (exact) mass is 355 g/mol. The number of carbonyl (C=O) groups excluding carboxylic acids is 1. The van der Waals surface area contributed by atoms with E-state index in [0.29, 0.717) is 13.2 Å². The zero-order valence-corrected chi connectivity index (χ0v) is 13.1. The van der Waals surface area contributed by atoms with Crippen LogP contribution in [0.2, 0.25) is 0 Å². The molecule has 1 fully saturated rings. The molecule has 0 saturated carbocycles. The maximum Gasteiger partial charge on any atom is 0.326 e. The van der Waals surface area contributed by atoms with Gasteiger partial charge >= 0.3 is 5.97 Å². The second-order valence-electron chi connectivity index (χ2n) is 5.13. The molecule has 0 radical (unpaired) electrons. The molecule has 21 heavy (non-hydrogen) atoms. The zero-order valence-electron chi connectivity index (χ0n) is 11.5. The van der Waals surface area contributed by atoms with Crippen LogP contribution in [-0.2, 0) is 20.7 Å². The number of hydrogen-bond acceptors (Lipinski definition) is 3. The summed E-state index contributed by atoms with van der Waals surface area (Å²) in [4.78, 5) is 23.5. The van der Waals surface area contributed by atoms with Crippen molar-refractivity contribution in [2.24, 2.45) is 5.92 Å². The van der Waals surface area contributed by atoms with E-state index < -0.39 is 12.0 Å². The van der Waals surface area contributed by atoms with Crippen molar-refractivity contribution >= 4 is 27.8 Å². The number of amides is 1. The normalized spacial score (nSPS) is 19.8. The first-order valence-electron chi connectivity index (χ1n) is 6.91. The highest BCUT2D eigenvalue weighted by atomic mass is 79.9. The smallest absolute Gasteiger partial charge is 0.326 e. The second kappa shape index (κ2) is 7.56. The summed E-state index contributed by atoms with van der Waals surface area (Å²) < 4.78 is 6.15. The number of carboxylic acid groups (broad SMARTS) is 1. The fraction of sp³-hybridized carbons (Fsp3) is 0.467. The fourth-order valence-electron chi connectivity index (χ4n) is 2.45. The third-order valence-electron chi connectivity index (χ3n) is 3.56. The molecule has 0 spiro atoms. The lowest BCUT2D eigenvalue weighted by atomic mass is 9.93. The maximum atomic E-state index is 12.1. The Morgan fingerprint density at radius 1 is 1.43 bits per heavy atom. The first-order valence-corrected chi connectivity index (χ1v) is 7.70. The third kappa shape index (κ3) is 4.54. The molecule has 1 heterocycles. The molecule has 6 heteroatoms. The van der Waals surface area contributed by atoms with Gasteiger partial charge in [0.2, 0.25) is 5.91 Å². The average Bonchev–Trinajstić information content (AvgIpc) is 2.48. The molecule has 1 aliphatic rings. The highest BCUT2D eigenvalue weighted by molar-refractivity contribution is 9.10. The van der Waals surface area contributed by atoms with Gasteiger partial charge < -0.3 is 15.2 Å².